The van der Waals surface area contributed by atoms with Crippen LogP contribution in [0, 0.1) is 17.2 Å². The number of aromatic nitrogens is 2. The number of nitrogens with one attached hydrogen (secondary N) is 1. The average Bonchev–Trinajstić information content (AvgIpc) is 2.68. The molecule has 0 bridgehead atoms. The molecule has 150 valence electrons. The third kappa shape index (κ3) is 5.50. The molecule has 1 N–H and O–H groups in total. The van der Waals surface area contributed by atoms with Crippen molar-refractivity contribution in [3.05, 3.63) is 54.2 Å². The summed E-state index contributed by atoms with van der Waals surface area (Å²) in [7, 11) is 0. The lowest BCUT2D eigenvalue weighted by Gasteiger charge is -2.33. The maximum absolute atomic E-state index is 13.3. The molecule has 1 aromatic carbocycles. The van der Waals surface area contributed by atoms with Crippen LogP contribution in [-0.4, -0.2) is 29.0 Å². The van der Waals surface area contributed by atoms with Crippen molar-refractivity contribution in [2.45, 2.75) is 46.1 Å². The van der Waals surface area contributed by atoms with Crippen molar-refractivity contribution in [1.82, 2.24) is 15.3 Å². The van der Waals surface area contributed by atoms with Gasteiger partial charge in [0.05, 0.1) is 12.2 Å². The molecule has 1 fully saturated rings. The lowest BCUT2D eigenvalue weighted by Crippen LogP contribution is -2.42. The average molecular weight is 384 g/mol. The van der Waals surface area contributed by atoms with Crippen LogP contribution < -0.4 is 10.2 Å². The molecule has 1 unspecified atom stereocenters. The molecule has 1 aromatic heterocycles. The van der Waals surface area contributed by atoms with Crippen molar-refractivity contribution in [2.24, 2.45) is 11.3 Å². The van der Waals surface area contributed by atoms with Crippen molar-refractivity contribution >= 4 is 11.7 Å². The Morgan fingerprint density at radius 2 is 1.89 bits per heavy atom. The lowest BCUT2D eigenvalue weighted by molar-refractivity contribution is -0.126. The van der Waals surface area contributed by atoms with Gasteiger partial charge in [-0.1, -0.05) is 32.9 Å². The second-order valence-corrected chi connectivity index (χ2v) is 8.70. The molecule has 2 aromatic rings. The highest BCUT2D eigenvalue weighted by Crippen LogP contribution is 2.30. The predicted molar refractivity (Wildman–Crippen MR) is 108 cm³/mol. The summed E-state index contributed by atoms with van der Waals surface area (Å²) in [6, 6.07) is 6.32. The second kappa shape index (κ2) is 8.67. The molecule has 1 aliphatic heterocycles. The summed E-state index contributed by atoms with van der Waals surface area (Å²) >= 11 is 0. The van der Waals surface area contributed by atoms with Gasteiger partial charge in [-0.15, -0.1) is 0 Å². The summed E-state index contributed by atoms with van der Waals surface area (Å²) in [6.07, 6.45) is 7.47. The van der Waals surface area contributed by atoms with Gasteiger partial charge in [0.25, 0.3) is 0 Å². The van der Waals surface area contributed by atoms with Gasteiger partial charge in [-0.2, -0.15) is 0 Å². The van der Waals surface area contributed by atoms with Gasteiger partial charge >= 0.3 is 0 Å². The summed E-state index contributed by atoms with van der Waals surface area (Å²) in [5.74, 6) is 0.660. The first-order valence-corrected chi connectivity index (χ1v) is 9.89. The molecule has 0 radical (unpaired) electrons. The Labute approximate surface area is 166 Å². The molecule has 1 aliphatic rings. The van der Waals surface area contributed by atoms with Crippen molar-refractivity contribution < 1.29 is 9.18 Å². The number of anilines is 1. The molecule has 2 heterocycles. The van der Waals surface area contributed by atoms with Gasteiger partial charge in [0, 0.05) is 31.4 Å². The minimum atomic E-state index is -0.263. The van der Waals surface area contributed by atoms with Crippen LogP contribution in [0.1, 0.15) is 51.6 Å². The van der Waals surface area contributed by atoms with E-state index in [1.165, 1.54) is 12.1 Å². The Kier molecular flexibility index (Phi) is 6.27. The van der Waals surface area contributed by atoms with Crippen LogP contribution in [0.5, 0.6) is 0 Å². The SMILES string of the molecule is CC(C)(C)CC(NC(=O)C1CCN(c2cnccn2)CC1)c1ccc(F)cc1. The van der Waals surface area contributed by atoms with E-state index in [1.54, 1.807) is 30.7 Å². The molecule has 1 atom stereocenters. The van der Waals surface area contributed by atoms with Crippen LogP contribution in [0.25, 0.3) is 0 Å². The molecule has 6 heteroatoms. The van der Waals surface area contributed by atoms with E-state index >= 15 is 0 Å². The van der Waals surface area contributed by atoms with E-state index in [-0.39, 0.29) is 29.1 Å². The van der Waals surface area contributed by atoms with Crippen molar-refractivity contribution in [2.75, 3.05) is 18.0 Å². The highest BCUT2D eigenvalue weighted by atomic mass is 19.1. The number of nitrogens with zero attached hydrogens (tertiary/aromatic N) is 3. The fraction of sp³-hybridized carbons (Fsp3) is 0.500. The summed E-state index contributed by atoms with van der Waals surface area (Å²) < 4.78 is 13.3. The number of benzene rings is 1. The van der Waals surface area contributed by atoms with Crippen LogP contribution >= 0.6 is 0 Å². The highest BCUT2D eigenvalue weighted by Gasteiger charge is 2.29. The topological polar surface area (TPSA) is 58.1 Å². The highest BCUT2D eigenvalue weighted by molar-refractivity contribution is 5.79. The van der Waals surface area contributed by atoms with Gasteiger partial charge in [0.15, 0.2) is 0 Å². The zero-order valence-electron chi connectivity index (χ0n) is 16.9. The lowest BCUT2D eigenvalue weighted by atomic mass is 9.85. The number of halogens is 1. The van der Waals surface area contributed by atoms with E-state index in [0.717, 1.165) is 43.7 Å². The maximum Gasteiger partial charge on any atom is 0.223 e. The molecule has 1 amide bonds. The molecular formula is C22H29FN4O. The monoisotopic (exact) mass is 384 g/mol. The fourth-order valence-corrected chi connectivity index (χ4v) is 3.67. The Morgan fingerprint density at radius 1 is 1.21 bits per heavy atom. The van der Waals surface area contributed by atoms with E-state index in [1.807, 2.05) is 0 Å². The largest absolute Gasteiger partial charge is 0.355 e. The fourth-order valence-electron chi connectivity index (χ4n) is 3.67. The van der Waals surface area contributed by atoms with Crippen molar-refractivity contribution in [3.63, 3.8) is 0 Å². The van der Waals surface area contributed by atoms with E-state index < -0.39 is 0 Å². The summed E-state index contributed by atoms with van der Waals surface area (Å²) in [6.45, 7) is 8.02. The summed E-state index contributed by atoms with van der Waals surface area (Å²) in [5, 5.41) is 3.23. The van der Waals surface area contributed by atoms with Crippen LogP contribution in [0.15, 0.2) is 42.9 Å². The zero-order valence-corrected chi connectivity index (χ0v) is 16.9. The first-order chi connectivity index (χ1) is 13.3. The Bertz CT molecular complexity index is 765. The van der Waals surface area contributed by atoms with Gasteiger partial charge in [0.1, 0.15) is 11.6 Å². The van der Waals surface area contributed by atoms with Gasteiger partial charge in [-0.3, -0.25) is 9.78 Å². The molecule has 0 saturated carbocycles. The van der Waals surface area contributed by atoms with Gasteiger partial charge in [-0.25, -0.2) is 9.37 Å². The Morgan fingerprint density at radius 3 is 2.46 bits per heavy atom. The number of carbonyl (C=O) groups excluding carboxylic acids is 1. The van der Waals surface area contributed by atoms with Crippen LogP contribution in [0.2, 0.25) is 0 Å². The third-order valence-electron chi connectivity index (χ3n) is 5.14. The second-order valence-electron chi connectivity index (χ2n) is 8.70. The van der Waals surface area contributed by atoms with Crippen LogP contribution in [-0.2, 0) is 4.79 Å². The van der Waals surface area contributed by atoms with Crippen molar-refractivity contribution in [3.8, 4) is 0 Å². The van der Waals surface area contributed by atoms with E-state index in [0.29, 0.717) is 0 Å². The first-order valence-electron chi connectivity index (χ1n) is 9.89. The number of hydrogen-bond acceptors (Lipinski definition) is 4. The normalized spacial score (nSPS) is 16.6. The minimum absolute atomic E-state index is 0.0177. The first kappa shape index (κ1) is 20.2. The van der Waals surface area contributed by atoms with Crippen LogP contribution in [0.4, 0.5) is 10.2 Å². The molecule has 3 rings (SSSR count). The molecular weight excluding hydrogens is 355 g/mol. The Hall–Kier alpha value is -2.50. The molecule has 5 nitrogen and oxygen atoms in total. The predicted octanol–water partition coefficient (Wildman–Crippen LogP) is 4.13. The minimum Gasteiger partial charge on any atom is -0.355 e. The van der Waals surface area contributed by atoms with Gasteiger partial charge < -0.3 is 10.2 Å². The zero-order chi connectivity index (χ0) is 20.1. The van der Waals surface area contributed by atoms with Gasteiger partial charge in [-0.05, 0) is 42.4 Å². The molecule has 28 heavy (non-hydrogen) atoms. The smallest absolute Gasteiger partial charge is 0.223 e. The quantitative estimate of drug-likeness (QED) is 0.842. The van der Waals surface area contributed by atoms with Crippen molar-refractivity contribution in [1.29, 1.82) is 0 Å². The van der Waals surface area contributed by atoms with Gasteiger partial charge in [0.2, 0.25) is 5.91 Å². The summed E-state index contributed by atoms with van der Waals surface area (Å²) in [4.78, 5) is 23.6. The van der Waals surface area contributed by atoms with E-state index in [4.69, 9.17) is 0 Å². The standard InChI is InChI=1S/C22H29FN4O/c1-22(2,3)14-19(16-4-6-18(23)7-5-16)26-21(28)17-8-12-27(13-9-17)20-15-24-10-11-25-20/h4-7,10-11,15,17,19H,8-9,12-14H2,1-3H3,(H,26,28). The Balaban J connectivity index is 1.63. The third-order valence-corrected chi connectivity index (χ3v) is 5.14. The summed E-state index contributed by atoms with van der Waals surface area (Å²) in [5.41, 5.74) is 0.989. The molecule has 0 spiro atoms. The van der Waals surface area contributed by atoms with E-state index in [9.17, 15) is 9.18 Å². The number of hydrogen-bond donors (Lipinski definition) is 1. The van der Waals surface area contributed by atoms with Crippen LogP contribution in [0.3, 0.4) is 0 Å². The molecule has 1 saturated heterocycles. The van der Waals surface area contributed by atoms with E-state index in [2.05, 4.69) is 41.0 Å². The number of piperidine rings is 1. The molecule has 0 aliphatic carbocycles. The number of rotatable bonds is 5. The maximum atomic E-state index is 13.3. The number of amides is 1. The number of carbonyl (C=O) groups is 1.